The third kappa shape index (κ3) is 4.20. The van der Waals surface area contributed by atoms with E-state index >= 15 is 0 Å². The predicted octanol–water partition coefficient (Wildman–Crippen LogP) is 1.47. The molecule has 0 fully saturated rings. The molecule has 0 radical (unpaired) electrons. The van der Waals surface area contributed by atoms with Crippen molar-refractivity contribution in [2.24, 2.45) is 5.92 Å². The van der Waals surface area contributed by atoms with Gasteiger partial charge in [0.15, 0.2) is 0 Å². The Morgan fingerprint density at radius 2 is 1.94 bits per heavy atom. The fourth-order valence-electron chi connectivity index (χ4n) is 1.35. The highest BCUT2D eigenvalue weighted by Crippen LogP contribution is 2.15. The normalized spacial score (nSPS) is 11.9. The summed E-state index contributed by atoms with van der Waals surface area (Å²) in [5.74, 6) is 0.289. The van der Waals surface area contributed by atoms with E-state index in [1.165, 1.54) is 6.07 Å². The quantitative estimate of drug-likeness (QED) is 0.823. The number of benzene rings is 1. The molecule has 0 saturated heterocycles. The Morgan fingerprint density at radius 1 is 1.31 bits per heavy atom. The summed E-state index contributed by atoms with van der Waals surface area (Å²) >= 11 is 0. The van der Waals surface area contributed by atoms with Crippen LogP contribution in [0.15, 0.2) is 24.3 Å². The average Bonchev–Trinajstić information content (AvgIpc) is 2.14. The zero-order valence-electron chi connectivity index (χ0n) is 9.47. The van der Waals surface area contributed by atoms with Gasteiger partial charge < -0.3 is 5.11 Å². The second kappa shape index (κ2) is 5.32. The molecule has 0 aliphatic heterocycles. The van der Waals surface area contributed by atoms with Gasteiger partial charge in [-0.2, -0.15) is 0 Å². The molecule has 16 heavy (non-hydrogen) atoms. The van der Waals surface area contributed by atoms with E-state index < -0.39 is 10.0 Å². The summed E-state index contributed by atoms with van der Waals surface area (Å²) in [7, 11) is -3.26. The molecule has 0 aliphatic rings. The van der Waals surface area contributed by atoms with E-state index in [9.17, 15) is 13.5 Å². The molecule has 0 heterocycles. The monoisotopic (exact) mass is 243 g/mol. The number of rotatable bonds is 5. The van der Waals surface area contributed by atoms with Crippen LogP contribution in [0.4, 0.5) is 0 Å². The smallest absolute Gasteiger partial charge is 0.212 e. The molecule has 1 aromatic carbocycles. The fraction of sp³-hybridized carbons (Fsp3) is 0.455. The molecule has 1 rings (SSSR count). The van der Waals surface area contributed by atoms with Crippen molar-refractivity contribution in [1.29, 1.82) is 0 Å². The van der Waals surface area contributed by atoms with Crippen LogP contribution in [0.3, 0.4) is 0 Å². The summed E-state index contributed by atoms with van der Waals surface area (Å²) in [6, 6.07) is 6.67. The Labute approximate surface area is 96.4 Å². The third-order valence-corrected chi connectivity index (χ3v) is 3.72. The Balaban J connectivity index is 2.62. The van der Waals surface area contributed by atoms with Gasteiger partial charge in [0.1, 0.15) is 5.75 Å². The van der Waals surface area contributed by atoms with Crippen LogP contribution in [-0.2, 0) is 16.6 Å². The van der Waals surface area contributed by atoms with Crippen LogP contribution in [0.1, 0.15) is 19.4 Å². The summed E-state index contributed by atoms with van der Waals surface area (Å²) < 4.78 is 25.5. The number of hydrogen-bond donors (Lipinski definition) is 2. The van der Waals surface area contributed by atoms with Crippen molar-refractivity contribution in [3.8, 4) is 5.75 Å². The van der Waals surface area contributed by atoms with Crippen LogP contribution in [0.2, 0.25) is 0 Å². The van der Waals surface area contributed by atoms with E-state index in [2.05, 4.69) is 4.72 Å². The molecule has 4 nitrogen and oxygen atoms in total. The number of nitrogens with one attached hydrogen (secondary N) is 1. The van der Waals surface area contributed by atoms with E-state index in [4.69, 9.17) is 0 Å². The Hall–Kier alpha value is -1.07. The lowest BCUT2D eigenvalue weighted by molar-refractivity contribution is 0.467. The van der Waals surface area contributed by atoms with Crippen molar-refractivity contribution in [1.82, 2.24) is 4.72 Å². The molecule has 2 N–H and O–H groups in total. The first-order valence-corrected chi connectivity index (χ1v) is 6.80. The molecule has 0 atom stereocenters. The van der Waals surface area contributed by atoms with Gasteiger partial charge in [-0.05, 0) is 12.0 Å². The largest absolute Gasteiger partial charge is 0.508 e. The molecule has 5 heteroatoms. The average molecular weight is 243 g/mol. The van der Waals surface area contributed by atoms with Gasteiger partial charge in [0.25, 0.3) is 0 Å². The van der Waals surface area contributed by atoms with Crippen LogP contribution in [0, 0.1) is 5.92 Å². The highest BCUT2D eigenvalue weighted by molar-refractivity contribution is 7.89. The maximum atomic E-state index is 11.5. The summed E-state index contributed by atoms with van der Waals surface area (Å²) in [4.78, 5) is 0. The minimum absolute atomic E-state index is 0.0851. The van der Waals surface area contributed by atoms with Gasteiger partial charge in [-0.15, -0.1) is 0 Å². The number of phenols is 1. The summed E-state index contributed by atoms with van der Waals surface area (Å²) in [6.07, 6.45) is 0. The second-order valence-electron chi connectivity index (χ2n) is 4.13. The van der Waals surface area contributed by atoms with E-state index in [0.717, 1.165) is 0 Å². The molecular weight excluding hydrogens is 226 g/mol. The molecule has 0 aromatic heterocycles. The van der Waals surface area contributed by atoms with Gasteiger partial charge in [0, 0.05) is 12.1 Å². The molecule has 1 aromatic rings. The highest BCUT2D eigenvalue weighted by atomic mass is 32.2. The molecule has 0 saturated carbocycles. The summed E-state index contributed by atoms with van der Waals surface area (Å²) in [6.45, 7) is 3.82. The van der Waals surface area contributed by atoms with Gasteiger partial charge in [-0.1, -0.05) is 32.0 Å². The van der Waals surface area contributed by atoms with Gasteiger partial charge >= 0.3 is 0 Å². The first-order chi connectivity index (χ1) is 7.41. The number of hydrogen-bond acceptors (Lipinski definition) is 3. The van der Waals surface area contributed by atoms with Gasteiger partial charge in [-0.25, -0.2) is 13.1 Å². The lowest BCUT2D eigenvalue weighted by Crippen LogP contribution is -2.28. The Kier molecular flexibility index (Phi) is 4.32. The zero-order chi connectivity index (χ0) is 12.2. The molecule has 0 aliphatic carbocycles. The summed E-state index contributed by atoms with van der Waals surface area (Å²) in [5, 5.41) is 9.45. The zero-order valence-corrected chi connectivity index (χ0v) is 10.3. The Morgan fingerprint density at radius 3 is 2.50 bits per heavy atom. The van der Waals surface area contributed by atoms with Gasteiger partial charge in [0.2, 0.25) is 10.0 Å². The predicted molar refractivity (Wildman–Crippen MR) is 63.6 cm³/mol. The van der Waals surface area contributed by atoms with Gasteiger partial charge in [0.05, 0.1) is 5.75 Å². The lowest BCUT2D eigenvalue weighted by Gasteiger charge is -2.09. The number of para-hydroxylation sites is 1. The molecule has 0 unspecified atom stereocenters. The van der Waals surface area contributed by atoms with Gasteiger partial charge in [-0.3, -0.25) is 0 Å². The number of sulfonamides is 1. The molecule has 0 bridgehead atoms. The lowest BCUT2D eigenvalue weighted by atomic mass is 10.2. The maximum absolute atomic E-state index is 11.5. The van der Waals surface area contributed by atoms with Crippen LogP contribution in [0.25, 0.3) is 0 Å². The van der Waals surface area contributed by atoms with Crippen LogP contribution in [0.5, 0.6) is 5.75 Å². The van der Waals surface area contributed by atoms with Crippen molar-refractivity contribution in [2.45, 2.75) is 20.4 Å². The van der Waals surface area contributed by atoms with Crippen molar-refractivity contribution >= 4 is 10.0 Å². The third-order valence-electron chi connectivity index (χ3n) is 2.03. The van der Waals surface area contributed by atoms with Crippen LogP contribution in [-0.4, -0.2) is 19.3 Å². The molecule has 90 valence electrons. The first kappa shape index (κ1) is 13.0. The Bertz CT molecular complexity index is 440. The molecule has 0 spiro atoms. The number of phenolic OH excluding ortho intramolecular Hbond substituents is 1. The van der Waals surface area contributed by atoms with E-state index in [-0.39, 0.29) is 24.0 Å². The molecule has 0 amide bonds. The van der Waals surface area contributed by atoms with Crippen molar-refractivity contribution in [3.05, 3.63) is 29.8 Å². The first-order valence-electron chi connectivity index (χ1n) is 5.15. The second-order valence-corrected chi connectivity index (χ2v) is 5.98. The van der Waals surface area contributed by atoms with E-state index in [1.54, 1.807) is 18.2 Å². The standard InChI is InChI=1S/C11H17NO3S/c1-9(2)8-16(14,15)12-7-10-5-3-4-6-11(10)13/h3-6,9,12-13H,7-8H2,1-2H3. The fourth-order valence-corrected chi connectivity index (χ4v) is 2.72. The summed E-state index contributed by atoms with van der Waals surface area (Å²) in [5.41, 5.74) is 0.579. The molecular formula is C11H17NO3S. The van der Waals surface area contributed by atoms with E-state index in [1.807, 2.05) is 13.8 Å². The highest BCUT2D eigenvalue weighted by Gasteiger charge is 2.12. The number of aromatic hydroxyl groups is 1. The maximum Gasteiger partial charge on any atom is 0.212 e. The van der Waals surface area contributed by atoms with Crippen LogP contribution < -0.4 is 4.72 Å². The topological polar surface area (TPSA) is 66.4 Å². The van der Waals surface area contributed by atoms with Crippen LogP contribution >= 0.6 is 0 Å². The minimum Gasteiger partial charge on any atom is -0.508 e. The van der Waals surface area contributed by atoms with Crippen molar-refractivity contribution in [3.63, 3.8) is 0 Å². The SMILES string of the molecule is CC(C)CS(=O)(=O)NCc1ccccc1O. The van der Waals surface area contributed by atoms with E-state index in [0.29, 0.717) is 5.56 Å². The van der Waals surface area contributed by atoms with Crippen molar-refractivity contribution in [2.75, 3.05) is 5.75 Å². The minimum atomic E-state index is -3.26. The van der Waals surface area contributed by atoms with Crippen molar-refractivity contribution < 1.29 is 13.5 Å².